The van der Waals surface area contributed by atoms with Crippen molar-refractivity contribution >= 4 is 5.97 Å². The van der Waals surface area contributed by atoms with E-state index in [-0.39, 0.29) is 30.4 Å². The van der Waals surface area contributed by atoms with Crippen LogP contribution in [0.3, 0.4) is 0 Å². The molecule has 21 heavy (non-hydrogen) atoms. The molecule has 1 rings (SSSR count). The first-order chi connectivity index (χ1) is 10.1. The molecule has 1 atom stereocenters. The third-order valence-corrected chi connectivity index (χ3v) is 3.33. The lowest BCUT2D eigenvalue weighted by Crippen LogP contribution is -2.34. The van der Waals surface area contributed by atoms with Crippen LogP contribution in [0.15, 0.2) is 18.2 Å². The van der Waals surface area contributed by atoms with Crippen molar-refractivity contribution in [2.45, 2.75) is 45.1 Å². The first-order valence-electron chi connectivity index (χ1n) is 7.31. The van der Waals surface area contributed by atoms with E-state index >= 15 is 0 Å². The number of rotatable bonds is 9. The largest absolute Gasteiger partial charge is 0.469 e. The molecule has 0 saturated heterocycles. The number of nitrogens with one attached hydrogen (secondary N) is 1. The molecule has 0 aromatic heterocycles. The maximum absolute atomic E-state index is 13.7. The van der Waals surface area contributed by atoms with Crippen molar-refractivity contribution in [2.75, 3.05) is 13.7 Å². The zero-order valence-electron chi connectivity index (χ0n) is 12.6. The summed E-state index contributed by atoms with van der Waals surface area (Å²) in [5.41, 5.74) is 0.270. The van der Waals surface area contributed by atoms with Crippen LogP contribution in [0.1, 0.15) is 38.2 Å². The topological polar surface area (TPSA) is 38.3 Å². The lowest BCUT2D eigenvalue weighted by molar-refractivity contribution is -0.141. The fourth-order valence-electron chi connectivity index (χ4n) is 2.15. The van der Waals surface area contributed by atoms with Crippen molar-refractivity contribution in [1.82, 2.24) is 5.32 Å². The second-order valence-corrected chi connectivity index (χ2v) is 5.08. The predicted molar refractivity (Wildman–Crippen MR) is 78.0 cm³/mol. The highest BCUT2D eigenvalue weighted by atomic mass is 19.1. The van der Waals surface area contributed by atoms with Gasteiger partial charge in [0.25, 0.3) is 0 Å². The third kappa shape index (κ3) is 6.67. The molecule has 0 radical (unpaired) electrons. The predicted octanol–water partition coefficient (Wildman–Crippen LogP) is 3.22. The number of unbranched alkanes of at least 4 members (excludes halogenated alkanes) is 2. The van der Waals surface area contributed by atoms with Gasteiger partial charge < -0.3 is 10.1 Å². The van der Waals surface area contributed by atoms with Crippen molar-refractivity contribution in [2.24, 2.45) is 0 Å². The minimum Gasteiger partial charge on any atom is -0.469 e. The third-order valence-electron chi connectivity index (χ3n) is 3.33. The number of ether oxygens (including phenoxy) is 1. The Bertz CT molecular complexity index is 452. The molecular formula is C16H23F2NO2. The van der Waals surface area contributed by atoms with Crippen LogP contribution < -0.4 is 5.32 Å². The summed E-state index contributed by atoms with van der Waals surface area (Å²) in [7, 11) is 1.32. The van der Waals surface area contributed by atoms with Crippen molar-refractivity contribution in [3.63, 3.8) is 0 Å². The number of carbonyl (C=O) groups excluding carboxylic acids is 1. The lowest BCUT2D eigenvalue weighted by Gasteiger charge is -2.18. The van der Waals surface area contributed by atoms with Crippen LogP contribution in [-0.4, -0.2) is 25.7 Å². The normalized spacial score (nSPS) is 12.2. The molecule has 0 bridgehead atoms. The fourth-order valence-corrected chi connectivity index (χ4v) is 2.15. The molecule has 0 aliphatic carbocycles. The Kier molecular flexibility index (Phi) is 7.90. The molecule has 0 aliphatic heterocycles. The minimum absolute atomic E-state index is 0.137. The first-order valence-corrected chi connectivity index (χ1v) is 7.31. The molecule has 1 unspecified atom stereocenters. The van der Waals surface area contributed by atoms with Gasteiger partial charge in [0.15, 0.2) is 0 Å². The van der Waals surface area contributed by atoms with E-state index in [1.54, 1.807) is 0 Å². The van der Waals surface area contributed by atoms with Crippen molar-refractivity contribution in [3.05, 3.63) is 35.4 Å². The molecule has 0 fully saturated rings. The molecule has 0 amide bonds. The molecule has 0 aliphatic rings. The number of hydrogen-bond acceptors (Lipinski definition) is 3. The van der Waals surface area contributed by atoms with Gasteiger partial charge in [-0.25, -0.2) is 8.78 Å². The summed E-state index contributed by atoms with van der Waals surface area (Å²) in [5.74, 6) is -1.30. The summed E-state index contributed by atoms with van der Waals surface area (Å²) >= 11 is 0. The van der Waals surface area contributed by atoms with Crippen molar-refractivity contribution in [1.29, 1.82) is 0 Å². The molecule has 1 aromatic rings. The van der Waals surface area contributed by atoms with Gasteiger partial charge in [-0.1, -0.05) is 19.8 Å². The van der Waals surface area contributed by atoms with Crippen LogP contribution in [0.4, 0.5) is 8.78 Å². The number of hydrogen-bond donors (Lipinski definition) is 1. The Morgan fingerprint density at radius 3 is 2.76 bits per heavy atom. The molecule has 0 saturated carbocycles. The number of methoxy groups -OCH3 is 1. The van der Waals surface area contributed by atoms with E-state index in [9.17, 15) is 13.6 Å². The van der Waals surface area contributed by atoms with Gasteiger partial charge in [0, 0.05) is 6.04 Å². The smallest absolute Gasteiger partial charge is 0.307 e. The van der Waals surface area contributed by atoms with E-state index in [4.69, 9.17) is 0 Å². The van der Waals surface area contributed by atoms with Gasteiger partial charge in [-0.2, -0.15) is 0 Å². The molecule has 0 spiro atoms. The highest BCUT2D eigenvalue weighted by Crippen LogP contribution is 2.13. The highest BCUT2D eigenvalue weighted by molar-refractivity contribution is 5.70. The van der Waals surface area contributed by atoms with E-state index in [0.29, 0.717) is 0 Å². The molecule has 3 nitrogen and oxygen atoms in total. The van der Waals surface area contributed by atoms with E-state index < -0.39 is 11.6 Å². The molecule has 118 valence electrons. The van der Waals surface area contributed by atoms with Gasteiger partial charge in [-0.3, -0.25) is 4.79 Å². The van der Waals surface area contributed by atoms with Crippen LogP contribution in [0.2, 0.25) is 0 Å². The Hall–Kier alpha value is -1.49. The Balaban J connectivity index is 2.66. The van der Waals surface area contributed by atoms with Crippen LogP contribution in [-0.2, 0) is 16.0 Å². The summed E-state index contributed by atoms with van der Waals surface area (Å²) in [6.45, 7) is 2.85. The summed E-state index contributed by atoms with van der Waals surface area (Å²) in [6.07, 6.45) is 3.57. The maximum atomic E-state index is 13.7. The molecule has 0 heterocycles. The molecule has 1 N–H and O–H groups in total. The zero-order valence-corrected chi connectivity index (χ0v) is 12.6. The Morgan fingerprint density at radius 1 is 1.33 bits per heavy atom. The summed E-state index contributed by atoms with van der Waals surface area (Å²) in [4.78, 5) is 11.4. The van der Waals surface area contributed by atoms with Gasteiger partial charge in [0.1, 0.15) is 11.6 Å². The van der Waals surface area contributed by atoms with Crippen LogP contribution in [0, 0.1) is 11.6 Å². The first kappa shape index (κ1) is 17.6. The number of benzene rings is 1. The minimum atomic E-state index is -0.478. The Labute approximate surface area is 124 Å². The van der Waals surface area contributed by atoms with Crippen LogP contribution in [0.25, 0.3) is 0 Å². The molecule has 1 aromatic carbocycles. The van der Waals surface area contributed by atoms with Crippen molar-refractivity contribution < 1.29 is 18.3 Å². The summed E-state index contributed by atoms with van der Waals surface area (Å²) in [6, 6.07) is 3.11. The SMILES string of the molecule is CCCCCNC(CC(=O)OC)Cc1cc(F)ccc1F. The van der Waals surface area contributed by atoms with Gasteiger partial charge in [0.2, 0.25) is 0 Å². The van der Waals surface area contributed by atoms with E-state index in [0.717, 1.165) is 37.9 Å². The standard InChI is InChI=1S/C16H23F2NO2/c1-3-4-5-8-19-14(11-16(20)21-2)10-12-9-13(17)6-7-15(12)18/h6-7,9,14,19H,3-5,8,10-11H2,1-2H3. The second kappa shape index (κ2) is 9.45. The summed E-state index contributed by atoms with van der Waals surface area (Å²) in [5, 5.41) is 3.22. The average molecular weight is 299 g/mol. The van der Waals surface area contributed by atoms with Gasteiger partial charge in [-0.15, -0.1) is 0 Å². The number of carbonyl (C=O) groups is 1. The number of esters is 1. The van der Waals surface area contributed by atoms with E-state index in [1.165, 1.54) is 13.2 Å². The lowest BCUT2D eigenvalue weighted by atomic mass is 10.0. The second-order valence-electron chi connectivity index (χ2n) is 5.08. The highest BCUT2D eigenvalue weighted by Gasteiger charge is 2.16. The monoisotopic (exact) mass is 299 g/mol. The van der Waals surface area contributed by atoms with Gasteiger partial charge in [-0.05, 0) is 43.1 Å². The zero-order chi connectivity index (χ0) is 15.7. The van der Waals surface area contributed by atoms with Crippen LogP contribution >= 0.6 is 0 Å². The molecule has 5 heteroatoms. The van der Waals surface area contributed by atoms with Crippen LogP contribution in [0.5, 0.6) is 0 Å². The van der Waals surface area contributed by atoms with E-state index in [2.05, 4.69) is 17.0 Å². The Morgan fingerprint density at radius 2 is 2.10 bits per heavy atom. The van der Waals surface area contributed by atoms with Gasteiger partial charge in [0.05, 0.1) is 13.5 Å². The number of halogens is 2. The summed E-state index contributed by atoms with van der Waals surface area (Å²) < 4.78 is 31.5. The van der Waals surface area contributed by atoms with Gasteiger partial charge >= 0.3 is 5.97 Å². The fraction of sp³-hybridized carbons (Fsp3) is 0.562. The quantitative estimate of drug-likeness (QED) is 0.562. The van der Waals surface area contributed by atoms with Crippen molar-refractivity contribution in [3.8, 4) is 0 Å². The molecular weight excluding hydrogens is 276 g/mol. The average Bonchev–Trinajstić information content (AvgIpc) is 2.47. The maximum Gasteiger partial charge on any atom is 0.307 e. The van der Waals surface area contributed by atoms with E-state index in [1.807, 2.05) is 0 Å².